The number of aliphatic imine (C=N–C) groups is 1. The van der Waals surface area contributed by atoms with Gasteiger partial charge in [-0.3, -0.25) is 4.79 Å². The topological polar surface area (TPSA) is 105 Å². The molecule has 0 fully saturated rings. The van der Waals surface area contributed by atoms with Crippen molar-refractivity contribution in [3.05, 3.63) is 11.9 Å². The van der Waals surface area contributed by atoms with Crippen molar-refractivity contribution in [3.63, 3.8) is 0 Å². The minimum atomic E-state index is -0.667. The van der Waals surface area contributed by atoms with Crippen molar-refractivity contribution in [1.82, 2.24) is 0 Å². The van der Waals surface area contributed by atoms with Crippen molar-refractivity contribution in [2.45, 2.75) is 6.92 Å². The normalized spacial score (nSPS) is 12.4. The quantitative estimate of drug-likeness (QED) is 0.402. The Bertz CT molecular complexity index is 258. The third kappa shape index (κ3) is 3.01. The van der Waals surface area contributed by atoms with Crippen LogP contribution < -0.4 is 11.5 Å². The molecule has 0 rings (SSSR count). The molecule has 0 radical (unpaired) electrons. The van der Waals surface area contributed by atoms with Crippen molar-refractivity contribution in [2.24, 2.45) is 16.5 Å². The number of nitrogens with two attached hydrogens (primary N) is 2. The molecule has 58 valence electrons. The molecule has 0 atom stereocenters. The second-order valence-corrected chi connectivity index (χ2v) is 1.73. The fourth-order valence-electron chi connectivity index (χ4n) is 0.335. The Labute approximate surface area is 64.0 Å². The van der Waals surface area contributed by atoms with Gasteiger partial charge >= 0.3 is 0 Å². The maximum atomic E-state index is 10.4. The number of primary amides is 1. The number of allylic oxidation sites excluding steroid dienone is 1. The van der Waals surface area contributed by atoms with E-state index >= 15 is 0 Å². The standard InChI is InChI=1S/C6H8N4O/c1-4(6(9)11)10-5(2-7)3-8/h2H,7H2,1H3,(H2,9,11)/b5-2-,10-4+. The van der Waals surface area contributed by atoms with Gasteiger partial charge in [-0.15, -0.1) is 0 Å². The third-order valence-corrected chi connectivity index (χ3v) is 0.917. The number of rotatable bonds is 2. The molecule has 5 heteroatoms. The summed E-state index contributed by atoms with van der Waals surface area (Å²) >= 11 is 0. The zero-order valence-electron chi connectivity index (χ0n) is 6.03. The van der Waals surface area contributed by atoms with Gasteiger partial charge in [0.25, 0.3) is 5.91 Å². The molecule has 1 amide bonds. The van der Waals surface area contributed by atoms with Crippen LogP contribution in [0.4, 0.5) is 0 Å². The molecule has 0 aromatic rings. The monoisotopic (exact) mass is 152 g/mol. The molecule has 0 aliphatic rings. The van der Waals surface area contributed by atoms with E-state index in [1.807, 2.05) is 0 Å². The van der Waals surface area contributed by atoms with Gasteiger partial charge in [-0.2, -0.15) is 5.26 Å². The van der Waals surface area contributed by atoms with Crippen molar-refractivity contribution in [3.8, 4) is 6.07 Å². The molecule has 0 spiro atoms. The van der Waals surface area contributed by atoms with Crippen molar-refractivity contribution >= 4 is 11.6 Å². The molecule has 4 N–H and O–H groups in total. The number of carbonyl (C=O) groups excluding carboxylic acids is 1. The number of amides is 1. The predicted molar refractivity (Wildman–Crippen MR) is 40.2 cm³/mol. The van der Waals surface area contributed by atoms with Gasteiger partial charge in [0.2, 0.25) is 0 Å². The second-order valence-electron chi connectivity index (χ2n) is 1.73. The van der Waals surface area contributed by atoms with Crippen LogP contribution in [0.15, 0.2) is 16.9 Å². The van der Waals surface area contributed by atoms with Gasteiger partial charge < -0.3 is 11.5 Å². The number of nitriles is 1. The number of hydrogen-bond acceptors (Lipinski definition) is 4. The lowest BCUT2D eigenvalue weighted by atomic mass is 10.4. The van der Waals surface area contributed by atoms with Gasteiger partial charge in [-0.25, -0.2) is 4.99 Å². The maximum absolute atomic E-state index is 10.4. The minimum absolute atomic E-state index is 0.0266. The molecule has 0 bridgehead atoms. The first-order valence-electron chi connectivity index (χ1n) is 2.79. The number of carbonyl (C=O) groups is 1. The van der Waals surface area contributed by atoms with E-state index in [2.05, 4.69) is 4.99 Å². The van der Waals surface area contributed by atoms with Crippen LogP contribution in [0.5, 0.6) is 0 Å². The molecule has 0 aromatic carbocycles. The van der Waals surface area contributed by atoms with Crippen LogP contribution >= 0.6 is 0 Å². The summed E-state index contributed by atoms with van der Waals surface area (Å²) in [5.41, 5.74) is 9.87. The maximum Gasteiger partial charge on any atom is 0.262 e. The van der Waals surface area contributed by atoms with E-state index in [0.29, 0.717) is 0 Å². The zero-order chi connectivity index (χ0) is 8.85. The van der Waals surface area contributed by atoms with E-state index in [1.165, 1.54) is 6.92 Å². The second kappa shape index (κ2) is 4.06. The van der Waals surface area contributed by atoms with Gasteiger partial charge in [-0.1, -0.05) is 0 Å². The molecule has 0 unspecified atom stereocenters. The fraction of sp³-hybridized carbons (Fsp3) is 0.167. The van der Waals surface area contributed by atoms with Gasteiger partial charge in [0, 0.05) is 6.20 Å². The van der Waals surface area contributed by atoms with Gasteiger partial charge in [-0.05, 0) is 6.92 Å². The molecular weight excluding hydrogens is 144 g/mol. The van der Waals surface area contributed by atoms with Crippen molar-refractivity contribution in [2.75, 3.05) is 0 Å². The highest BCUT2D eigenvalue weighted by Crippen LogP contribution is 1.91. The molecule has 0 heterocycles. The summed E-state index contributed by atoms with van der Waals surface area (Å²) in [5.74, 6) is -0.667. The summed E-state index contributed by atoms with van der Waals surface area (Å²) in [6.45, 7) is 1.41. The van der Waals surface area contributed by atoms with Crippen LogP contribution in [-0.4, -0.2) is 11.6 Å². The lowest BCUT2D eigenvalue weighted by molar-refractivity contribution is -0.112. The molecule has 11 heavy (non-hydrogen) atoms. The molecule has 0 aliphatic heterocycles. The average molecular weight is 152 g/mol. The van der Waals surface area contributed by atoms with Gasteiger partial charge in [0.1, 0.15) is 11.8 Å². The highest BCUT2D eigenvalue weighted by molar-refractivity contribution is 6.37. The van der Waals surface area contributed by atoms with Crippen LogP contribution in [0, 0.1) is 11.3 Å². The summed E-state index contributed by atoms with van der Waals surface area (Å²) < 4.78 is 0. The Kier molecular flexibility index (Phi) is 3.39. The predicted octanol–water partition coefficient (Wildman–Crippen LogP) is -0.744. The molecule has 0 aliphatic carbocycles. The smallest absolute Gasteiger partial charge is 0.262 e. The van der Waals surface area contributed by atoms with Crippen molar-refractivity contribution < 1.29 is 4.79 Å². The summed E-state index contributed by atoms with van der Waals surface area (Å²) in [5, 5.41) is 8.30. The Balaban J connectivity index is 4.58. The van der Waals surface area contributed by atoms with Crippen LogP contribution in [0.3, 0.4) is 0 Å². The van der Waals surface area contributed by atoms with Gasteiger partial charge in [0.05, 0.1) is 0 Å². The largest absolute Gasteiger partial charge is 0.402 e. The zero-order valence-corrected chi connectivity index (χ0v) is 6.03. The highest BCUT2D eigenvalue weighted by atomic mass is 16.1. The minimum Gasteiger partial charge on any atom is -0.402 e. The van der Waals surface area contributed by atoms with Crippen LogP contribution in [0.1, 0.15) is 6.92 Å². The Morgan fingerprint density at radius 1 is 1.73 bits per heavy atom. The Morgan fingerprint density at radius 3 is 2.55 bits per heavy atom. The molecular formula is C6H8N4O. The van der Waals surface area contributed by atoms with Crippen molar-refractivity contribution in [1.29, 1.82) is 5.26 Å². The van der Waals surface area contributed by atoms with E-state index in [9.17, 15) is 4.79 Å². The average Bonchev–Trinajstić information content (AvgIpc) is 1.99. The SMILES string of the molecule is C/C(=N\C(C#N)=C/N)C(N)=O. The molecule has 0 aromatic heterocycles. The summed E-state index contributed by atoms with van der Waals surface area (Å²) in [6, 6.07) is 1.68. The van der Waals surface area contributed by atoms with E-state index < -0.39 is 5.91 Å². The lowest BCUT2D eigenvalue weighted by Crippen LogP contribution is -2.20. The highest BCUT2D eigenvalue weighted by Gasteiger charge is 1.99. The van der Waals surface area contributed by atoms with Crippen LogP contribution in [-0.2, 0) is 4.79 Å². The first kappa shape index (κ1) is 9.17. The fourth-order valence-corrected chi connectivity index (χ4v) is 0.335. The summed E-state index contributed by atoms with van der Waals surface area (Å²) in [6.07, 6.45) is 1.01. The first-order valence-corrected chi connectivity index (χ1v) is 2.79. The summed E-state index contributed by atoms with van der Waals surface area (Å²) in [4.78, 5) is 13.9. The molecule has 5 nitrogen and oxygen atoms in total. The van der Waals surface area contributed by atoms with Gasteiger partial charge in [0.15, 0.2) is 5.70 Å². The van der Waals surface area contributed by atoms with Crippen LogP contribution in [0.25, 0.3) is 0 Å². The van der Waals surface area contributed by atoms with E-state index in [1.54, 1.807) is 6.07 Å². The first-order chi connectivity index (χ1) is 5.11. The molecule has 0 saturated heterocycles. The third-order valence-electron chi connectivity index (χ3n) is 0.917. The van der Waals surface area contributed by atoms with E-state index in [4.69, 9.17) is 16.7 Å². The Morgan fingerprint density at radius 2 is 2.27 bits per heavy atom. The number of nitrogens with zero attached hydrogens (tertiary/aromatic N) is 2. The molecule has 0 saturated carbocycles. The van der Waals surface area contributed by atoms with E-state index in [-0.39, 0.29) is 11.4 Å². The summed E-state index contributed by atoms with van der Waals surface area (Å²) in [7, 11) is 0. The lowest BCUT2D eigenvalue weighted by Gasteiger charge is -1.90. The van der Waals surface area contributed by atoms with E-state index in [0.717, 1.165) is 6.20 Å². The number of hydrogen-bond donors (Lipinski definition) is 2. The Hall–Kier alpha value is -1.83. The van der Waals surface area contributed by atoms with Crippen LogP contribution in [0.2, 0.25) is 0 Å².